The zero-order valence-corrected chi connectivity index (χ0v) is 31.9. The van der Waals surface area contributed by atoms with Crippen LogP contribution in [-0.4, -0.2) is 4.57 Å². The van der Waals surface area contributed by atoms with E-state index in [0.717, 1.165) is 33.8 Å². The molecule has 268 valence electrons. The van der Waals surface area contributed by atoms with Crippen LogP contribution in [0.4, 0.5) is 17.1 Å². The molecule has 2 aromatic heterocycles. The van der Waals surface area contributed by atoms with Gasteiger partial charge >= 0.3 is 0 Å². The molecule has 0 radical (unpaired) electrons. The molecule has 0 aliphatic carbocycles. The van der Waals surface area contributed by atoms with Crippen LogP contribution in [0.25, 0.3) is 81.0 Å². The maximum absolute atomic E-state index is 2.54. The Morgan fingerprint density at radius 3 is 1.77 bits per heavy atom. The number of fused-ring (bicyclic) bond motifs is 6. The maximum atomic E-state index is 2.54. The number of aromatic nitrogens is 1. The molecule has 0 saturated heterocycles. The fourth-order valence-corrected chi connectivity index (χ4v) is 9.91. The van der Waals surface area contributed by atoms with Crippen LogP contribution < -0.4 is 4.90 Å². The van der Waals surface area contributed by atoms with Crippen LogP contribution in [0.2, 0.25) is 0 Å². The Morgan fingerprint density at radius 2 is 0.947 bits per heavy atom. The number of hydrogen-bond donors (Lipinski definition) is 0. The summed E-state index contributed by atoms with van der Waals surface area (Å²) in [5.74, 6) is 0. The third-order valence-electron chi connectivity index (χ3n) is 11.2. The van der Waals surface area contributed by atoms with E-state index >= 15 is 0 Å². The Bertz CT molecular complexity index is 3230. The van der Waals surface area contributed by atoms with Crippen LogP contribution in [-0.2, 0) is 0 Å². The highest BCUT2D eigenvalue weighted by atomic mass is 32.1. The minimum atomic E-state index is 1.11. The van der Waals surface area contributed by atoms with Crippen LogP contribution >= 0.6 is 11.3 Å². The number of anilines is 3. The number of para-hydroxylation sites is 3. The molecular formula is C54H36N2S. The van der Waals surface area contributed by atoms with Crippen molar-refractivity contribution >= 4 is 70.4 Å². The average molecular weight is 745 g/mol. The van der Waals surface area contributed by atoms with E-state index < -0.39 is 0 Å². The first-order valence-corrected chi connectivity index (χ1v) is 20.3. The van der Waals surface area contributed by atoms with Crippen molar-refractivity contribution in [2.24, 2.45) is 0 Å². The van der Waals surface area contributed by atoms with Gasteiger partial charge < -0.3 is 9.47 Å². The number of nitrogens with zero attached hydrogens (tertiary/aromatic N) is 2. The molecule has 0 aliphatic heterocycles. The molecule has 11 rings (SSSR count). The lowest BCUT2D eigenvalue weighted by atomic mass is 9.95. The highest BCUT2D eigenvalue weighted by Gasteiger charge is 2.26. The molecular weight excluding hydrogens is 709 g/mol. The molecule has 2 nitrogen and oxygen atoms in total. The average Bonchev–Trinajstić information content (AvgIpc) is 3.84. The van der Waals surface area contributed by atoms with Gasteiger partial charge in [-0.2, -0.15) is 0 Å². The molecule has 0 fully saturated rings. The first-order chi connectivity index (χ1) is 28.3. The van der Waals surface area contributed by atoms with Crippen molar-refractivity contribution < 1.29 is 0 Å². The third-order valence-corrected chi connectivity index (χ3v) is 12.4. The van der Waals surface area contributed by atoms with Gasteiger partial charge in [0.25, 0.3) is 0 Å². The molecule has 0 bridgehead atoms. The fourth-order valence-electron chi connectivity index (χ4n) is 8.68. The number of benzene rings is 9. The van der Waals surface area contributed by atoms with Crippen LogP contribution in [0, 0.1) is 0 Å². The summed E-state index contributed by atoms with van der Waals surface area (Å²) in [5, 5.41) is 5.00. The fraction of sp³-hybridized carbons (Fsp3) is 0. The zero-order valence-electron chi connectivity index (χ0n) is 31.1. The molecule has 3 heteroatoms. The zero-order chi connectivity index (χ0) is 37.7. The first-order valence-electron chi connectivity index (χ1n) is 19.4. The van der Waals surface area contributed by atoms with Crippen molar-refractivity contribution in [3.8, 4) is 39.1 Å². The molecule has 0 unspecified atom stereocenters. The molecule has 0 saturated carbocycles. The van der Waals surface area contributed by atoms with Gasteiger partial charge in [-0.05, 0) is 65.2 Å². The summed E-state index contributed by atoms with van der Waals surface area (Å²) in [5.41, 5.74) is 13.9. The summed E-state index contributed by atoms with van der Waals surface area (Å²) in [7, 11) is 0. The van der Waals surface area contributed by atoms with E-state index in [4.69, 9.17) is 0 Å². The van der Waals surface area contributed by atoms with Gasteiger partial charge in [0.1, 0.15) is 0 Å². The largest absolute Gasteiger partial charge is 0.309 e. The van der Waals surface area contributed by atoms with Gasteiger partial charge in [-0.1, -0.05) is 170 Å². The van der Waals surface area contributed by atoms with Crippen molar-refractivity contribution in [1.82, 2.24) is 4.57 Å². The quantitative estimate of drug-likeness (QED) is 0.158. The van der Waals surface area contributed by atoms with Gasteiger partial charge in [-0.3, -0.25) is 0 Å². The number of thiophene rings is 1. The highest BCUT2D eigenvalue weighted by molar-refractivity contribution is 7.26. The third kappa shape index (κ3) is 5.55. The number of hydrogen-bond acceptors (Lipinski definition) is 2. The predicted molar refractivity (Wildman–Crippen MR) is 245 cm³/mol. The maximum Gasteiger partial charge on any atom is 0.0562 e. The van der Waals surface area contributed by atoms with Crippen LogP contribution in [0.15, 0.2) is 218 Å². The smallest absolute Gasteiger partial charge is 0.0562 e. The molecule has 0 N–H and O–H groups in total. The lowest BCUT2D eigenvalue weighted by molar-refractivity contribution is 1.18. The Morgan fingerprint density at radius 1 is 0.351 bits per heavy atom. The van der Waals surface area contributed by atoms with E-state index in [-0.39, 0.29) is 0 Å². The SMILES string of the molecule is c1ccc(-c2ccc(-c3ccccc3)c(N(c3ccccc3-c3cccc4c3sc3ccccc34)c3cccc4c3c3ccccc3n4-c3ccccc3)c2)cc1. The summed E-state index contributed by atoms with van der Waals surface area (Å²) in [4.78, 5) is 2.54. The van der Waals surface area contributed by atoms with E-state index in [1.54, 1.807) is 0 Å². The molecule has 2 heterocycles. The Kier molecular flexibility index (Phi) is 8.04. The molecule has 0 atom stereocenters. The van der Waals surface area contributed by atoms with E-state index in [0.29, 0.717) is 0 Å². The van der Waals surface area contributed by atoms with Gasteiger partial charge in [0.2, 0.25) is 0 Å². The Hall–Kier alpha value is -7.20. The Balaban J connectivity index is 1.27. The second-order valence-electron chi connectivity index (χ2n) is 14.5. The second kappa shape index (κ2) is 13.8. The van der Waals surface area contributed by atoms with E-state index in [2.05, 4.69) is 228 Å². The van der Waals surface area contributed by atoms with E-state index in [9.17, 15) is 0 Å². The molecule has 0 spiro atoms. The summed E-state index contributed by atoms with van der Waals surface area (Å²) in [6.07, 6.45) is 0. The normalized spacial score (nSPS) is 11.5. The van der Waals surface area contributed by atoms with E-state index in [1.807, 2.05) is 11.3 Å². The van der Waals surface area contributed by atoms with Crippen molar-refractivity contribution in [2.45, 2.75) is 0 Å². The van der Waals surface area contributed by atoms with Crippen LogP contribution in [0.3, 0.4) is 0 Å². The monoisotopic (exact) mass is 744 g/mol. The highest BCUT2D eigenvalue weighted by Crippen LogP contribution is 2.51. The summed E-state index contributed by atoms with van der Waals surface area (Å²) < 4.78 is 5.01. The van der Waals surface area contributed by atoms with Crippen molar-refractivity contribution in [2.75, 3.05) is 4.90 Å². The lowest BCUT2D eigenvalue weighted by Crippen LogP contribution is -2.13. The molecule has 57 heavy (non-hydrogen) atoms. The van der Waals surface area contributed by atoms with Gasteiger partial charge in [0, 0.05) is 53.3 Å². The minimum Gasteiger partial charge on any atom is -0.309 e. The summed E-state index contributed by atoms with van der Waals surface area (Å²) in [6.45, 7) is 0. The van der Waals surface area contributed by atoms with Gasteiger partial charge in [-0.25, -0.2) is 0 Å². The molecule has 11 aromatic rings. The van der Waals surface area contributed by atoms with E-state index in [1.165, 1.54) is 64.3 Å². The van der Waals surface area contributed by atoms with Crippen LogP contribution in [0.5, 0.6) is 0 Å². The standard InChI is InChI=1S/C54H36N2S/c1-4-18-37(19-5-1)39-34-35-41(38-20-6-2-7-21-38)51(36-39)56(47-29-13-10-24-42(47)44-27-16-28-45-43-25-12-15-33-52(43)57-54(44)45)50-32-17-31-49-53(50)46-26-11-14-30-48(46)55(49)40-22-8-3-9-23-40/h1-36H. The molecule has 0 amide bonds. The summed E-state index contributed by atoms with van der Waals surface area (Å²) in [6, 6.07) is 79.5. The lowest BCUT2D eigenvalue weighted by Gasteiger charge is -2.31. The minimum absolute atomic E-state index is 1.11. The topological polar surface area (TPSA) is 8.17 Å². The van der Waals surface area contributed by atoms with Crippen molar-refractivity contribution in [3.05, 3.63) is 218 Å². The molecule has 0 aliphatic rings. The van der Waals surface area contributed by atoms with Gasteiger partial charge in [-0.15, -0.1) is 11.3 Å². The van der Waals surface area contributed by atoms with Crippen LogP contribution in [0.1, 0.15) is 0 Å². The second-order valence-corrected chi connectivity index (χ2v) is 15.5. The van der Waals surface area contributed by atoms with Crippen molar-refractivity contribution in [1.29, 1.82) is 0 Å². The number of rotatable bonds is 7. The van der Waals surface area contributed by atoms with Gasteiger partial charge in [0.15, 0.2) is 0 Å². The van der Waals surface area contributed by atoms with Gasteiger partial charge in [0.05, 0.1) is 28.1 Å². The summed E-state index contributed by atoms with van der Waals surface area (Å²) >= 11 is 1.88. The Labute approximate surface area is 335 Å². The van der Waals surface area contributed by atoms with Crippen molar-refractivity contribution in [3.63, 3.8) is 0 Å². The predicted octanol–water partition coefficient (Wildman–Crippen LogP) is 15.6. The first kappa shape index (κ1) is 33.2. The molecule has 9 aromatic carbocycles.